The highest BCUT2D eigenvalue weighted by atomic mass is 35.5. The lowest BCUT2D eigenvalue weighted by molar-refractivity contribution is 0.147. The van der Waals surface area contributed by atoms with Gasteiger partial charge < -0.3 is 4.57 Å². The minimum Gasteiger partial charge on any atom is -0.303 e. The summed E-state index contributed by atoms with van der Waals surface area (Å²) in [4.78, 5) is 3.35. The summed E-state index contributed by atoms with van der Waals surface area (Å²) in [5, 5.41) is 7.36. The van der Waals surface area contributed by atoms with Crippen LogP contribution >= 0.6 is 35.2 Å². The van der Waals surface area contributed by atoms with Crippen LogP contribution in [0.1, 0.15) is 11.3 Å². The van der Waals surface area contributed by atoms with Crippen LogP contribution in [0.2, 0.25) is 5.02 Å². The Bertz CT molecular complexity index is 1170. The van der Waals surface area contributed by atoms with Gasteiger partial charge in [-0.3, -0.25) is 4.90 Å². The van der Waals surface area contributed by atoms with Gasteiger partial charge in [-0.15, -0.1) is 11.3 Å². The van der Waals surface area contributed by atoms with Crippen molar-refractivity contribution in [1.29, 1.82) is 0 Å². The van der Waals surface area contributed by atoms with E-state index in [1.165, 1.54) is 4.88 Å². The van der Waals surface area contributed by atoms with E-state index in [0.717, 1.165) is 5.56 Å². The number of sulfone groups is 1. The molecule has 154 valence electrons. The zero-order valence-corrected chi connectivity index (χ0v) is 19.1. The van der Waals surface area contributed by atoms with Crippen LogP contribution in [0.3, 0.4) is 0 Å². The fourth-order valence-corrected chi connectivity index (χ4v) is 6.49. The first kappa shape index (κ1) is 20.7. The molecule has 1 aromatic carbocycles. The van der Waals surface area contributed by atoms with E-state index >= 15 is 0 Å². The van der Waals surface area contributed by atoms with Gasteiger partial charge in [-0.1, -0.05) is 29.8 Å². The number of thiophene rings is 1. The third kappa shape index (κ3) is 4.49. The number of hydrogen-bond acceptors (Lipinski definition) is 6. The third-order valence-electron chi connectivity index (χ3n) is 5.14. The molecule has 0 spiro atoms. The topological polar surface area (TPSA) is 60.1 Å². The molecule has 0 saturated carbocycles. The summed E-state index contributed by atoms with van der Waals surface area (Å²) in [6.07, 6.45) is 0.630. The first-order chi connectivity index (χ1) is 13.8. The van der Waals surface area contributed by atoms with E-state index in [1.54, 1.807) is 16.0 Å². The Balaban J connectivity index is 1.66. The van der Waals surface area contributed by atoms with Crippen molar-refractivity contribution < 1.29 is 8.42 Å². The average Bonchev–Trinajstić information content (AvgIpc) is 3.38. The number of halogens is 1. The summed E-state index contributed by atoms with van der Waals surface area (Å²) in [5.74, 6) is 1.10. The summed E-state index contributed by atoms with van der Waals surface area (Å²) < 4.78 is 28.3. The van der Waals surface area contributed by atoms with Crippen molar-refractivity contribution in [1.82, 2.24) is 19.2 Å². The summed E-state index contributed by atoms with van der Waals surface area (Å²) in [7, 11) is -1.12. The Morgan fingerprint density at radius 1 is 1.31 bits per heavy atom. The zero-order chi connectivity index (χ0) is 20.6. The molecule has 29 heavy (non-hydrogen) atoms. The number of benzene rings is 1. The normalized spacial score (nSPS) is 18.5. The van der Waals surface area contributed by atoms with Gasteiger partial charge in [0.1, 0.15) is 0 Å². The van der Waals surface area contributed by atoms with Crippen molar-refractivity contribution in [2.24, 2.45) is 7.05 Å². The summed E-state index contributed by atoms with van der Waals surface area (Å²) in [5.41, 5.74) is 0.815. The Kier molecular flexibility index (Phi) is 5.94. The van der Waals surface area contributed by atoms with Gasteiger partial charge >= 0.3 is 0 Å². The second kappa shape index (κ2) is 8.31. The largest absolute Gasteiger partial charge is 0.303 e. The van der Waals surface area contributed by atoms with Gasteiger partial charge in [0.2, 0.25) is 0 Å². The van der Waals surface area contributed by atoms with Crippen LogP contribution < -0.4 is 0 Å². The maximum atomic E-state index is 12.1. The molecule has 10 heteroatoms. The first-order valence-electron chi connectivity index (χ1n) is 9.19. The molecular formula is C19H21ClN4O2S3. The van der Waals surface area contributed by atoms with Gasteiger partial charge in [0.15, 0.2) is 20.4 Å². The van der Waals surface area contributed by atoms with Crippen molar-refractivity contribution in [3.05, 3.63) is 56.4 Å². The molecule has 1 fully saturated rings. The van der Waals surface area contributed by atoms with Gasteiger partial charge in [0.25, 0.3) is 0 Å². The molecule has 1 aliphatic rings. The predicted octanol–water partition coefficient (Wildman–Crippen LogP) is 3.98. The second-order valence-corrected chi connectivity index (χ2v) is 11.2. The van der Waals surface area contributed by atoms with Crippen LogP contribution in [-0.4, -0.2) is 45.2 Å². The Hall–Kier alpha value is -1.52. The van der Waals surface area contributed by atoms with Crippen LogP contribution in [-0.2, 0) is 30.1 Å². The van der Waals surface area contributed by atoms with E-state index in [9.17, 15) is 8.42 Å². The second-order valence-electron chi connectivity index (χ2n) is 7.17. The van der Waals surface area contributed by atoms with E-state index in [1.807, 2.05) is 47.3 Å². The smallest absolute Gasteiger partial charge is 0.199 e. The summed E-state index contributed by atoms with van der Waals surface area (Å²) in [6.45, 7) is 1.09. The van der Waals surface area contributed by atoms with E-state index in [0.29, 0.717) is 35.3 Å². The summed E-state index contributed by atoms with van der Waals surface area (Å²) >= 11 is 13.6. The van der Waals surface area contributed by atoms with Gasteiger partial charge in [0, 0.05) is 30.1 Å². The SMILES string of the molecule is Cn1c(-c2ccccc2Cl)nn(CN(Cc2cccs2)C2CCS(=O)(=O)C2)c1=S. The van der Waals surface area contributed by atoms with Crippen molar-refractivity contribution in [3.8, 4) is 11.4 Å². The van der Waals surface area contributed by atoms with E-state index in [-0.39, 0.29) is 17.5 Å². The van der Waals surface area contributed by atoms with Gasteiger partial charge in [-0.2, -0.15) is 5.10 Å². The lowest BCUT2D eigenvalue weighted by Gasteiger charge is -2.27. The molecule has 0 amide bonds. The molecule has 0 aliphatic carbocycles. The molecule has 3 heterocycles. The Morgan fingerprint density at radius 3 is 2.76 bits per heavy atom. The first-order valence-corrected chi connectivity index (χ1v) is 12.7. The number of rotatable bonds is 6. The number of hydrogen-bond donors (Lipinski definition) is 0. The highest BCUT2D eigenvalue weighted by Crippen LogP contribution is 2.27. The van der Waals surface area contributed by atoms with Crippen LogP contribution in [0.5, 0.6) is 0 Å². The molecule has 0 bridgehead atoms. The van der Waals surface area contributed by atoms with Crippen LogP contribution in [0.4, 0.5) is 0 Å². The maximum Gasteiger partial charge on any atom is 0.199 e. The van der Waals surface area contributed by atoms with E-state index < -0.39 is 9.84 Å². The Morgan fingerprint density at radius 2 is 2.10 bits per heavy atom. The number of aromatic nitrogens is 3. The molecule has 4 rings (SSSR count). The van der Waals surface area contributed by atoms with Gasteiger partial charge in [-0.25, -0.2) is 13.1 Å². The van der Waals surface area contributed by atoms with Crippen molar-refractivity contribution >= 4 is 45.0 Å². The molecule has 1 unspecified atom stereocenters. The molecule has 3 aromatic rings. The molecule has 2 aromatic heterocycles. The van der Waals surface area contributed by atoms with Crippen molar-refractivity contribution in [2.75, 3.05) is 11.5 Å². The molecule has 1 aliphatic heterocycles. The quantitative estimate of drug-likeness (QED) is 0.512. The molecule has 0 N–H and O–H groups in total. The molecule has 6 nitrogen and oxygen atoms in total. The van der Waals surface area contributed by atoms with Gasteiger partial charge in [-0.05, 0) is 42.2 Å². The van der Waals surface area contributed by atoms with E-state index in [4.69, 9.17) is 28.9 Å². The molecule has 1 atom stereocenters. The highest BCUT2D eigenvalue weighted by Gasteiger charge is 2.33. The summed E-state index contributed by atoms with van der Waals surface area (Å²) in [6, 6.07) is 11.5. The molecular weight excluding hydrogens is 448 g/mol. The predicted molar refractivity (Wildman–Crippen MR) is 119 cm³/mol. The lowest BCUT2D eigenvalue weighted by Crippen LogP contribution is -2.37. The zero-order valence-electron chi connectivity index (χ0n) is 15.9. The minimum atomic E-state index is -2.99. The minimum absolute atomic E-state index is 0.0465. The van der Waals surface area contributed by atoms with Gasteiger partial charge in [0.05, 0.1) is 23.2 Å². The average molecular weight is 469 g/mol. The van der Waals surface area contributed by atoms with Crippen LogP contribution in [0, 0.1) is 4.77 Å². The molecule has 1 saturated heterocycles. The van der Waals surface area contributed by atoms with Crippen molar-refractivity contribution in [2.45, 2.75) is 25.7 Å². The maximum absolute atomic E-state index is 12.1. The van der Waals surface area contributed by atoms with E-state index in [2.05, 4.69) is 11.0 Å². The van der Waals surface area contributed by atoms with Crippen LogP contribution in [0.25, 0.3) is 11.4 Å². The third-order valence-corrected chi connectivity index (χ3v) is 8.56. The fourth-order valence-electron chi connectivity index (χ4n) is 3.59. The monoisotopic (exact) mass is 468 g/mol. The number of nitrogens with zero attached hydrogens (tertiary/aromatic N) is 4. The van der Waals surface area contributed by atoms with Crippen LogP contribution in [0.15, 0.2) is 41.8 Å². The fraction of sp³-hybridized carbons (Fsp3) is 0.368. The van der Waals surface area contributed by atoms with Crippen molar-refractivity contribution in [3.63, 3.8) is 0 Å². The lowest BCUT2D eigenvalue weighted by atomic mass is 10.2. The Labute approximate surface area is 184 Å². The molecule has 0 radical (unpaired) electrons. The highest BCUT2D eigenvalue weighted by molar-refractivity contribution is 7.91. The standard InChI is InChI=1S/C19H21ClN4O2S3/c1-22-18(16-6-2-3-7-17(16)20)21-24(19(22)27)13-23(11-15-5-4-9-28-15)14-8-10-29(25,26)12-14/h2-7,9,14H,8,10-13H2,1H3.